The number of carbonyl (C=O) groups excluding carboxylic acids is 1. The number of aromatic nitrogens is 4. The molecule has 134 valence electrons. The van der Waals surface area contributed by atoms with Crippen molar-refractivity contribution in [1.82, 2.24) is 24.9 Å². The number of anilines is 1. The highest BCUT2D eigenvalue weighted by molar-refractivity contribution is 5.93. The third kappa shape index (κ3) is 3.55. The molecule has 26 heavy (non-hydrogen) atoms. The van der Waals surface area contributed by atoms with Gasteiger partial charge in [-0.1, -0.05) is 6.07 Å². The Bertz CT molecular complexity index is 956. The van der Waals surface area contributed by atoms with Crippen molar-refractivity contribution in [2.75, 3.05) is 25.0 Å². The summed E-state index contributed by atoms with van der Waals surface area (Å²) in [6, 6.07) is 7.64. The summed E-state index contributed by atoms with van der Waals surface area (Å²) < 4.78 is 14.9. The Kier molecular flexibility index (Phi) is 4.34. The molecule has 1 saturated heterocycles. The van der Waals surface area contributed by atoms with Gasteiger partial charge in [0.2, 0.25) is 5.91 Å². The van der Waals surface area contributed by atoms with Gasteiger partial charge >= 0.3 is 0 Å². The number of likely N-dealkylation sites (tertiary alicyclic amines) is 1. The Balaban J connectivity index is 1.51. The van der Waals surface area contributed by atoms with Gasteiger partial charge in [0.15, 0.2) is 5.82 Å². The summed E-state index contributed by atoms with van der Waals surface area (Å²) in [7, 11) is 1.87. The standard InChI is InChI=1S/C18H19FN6O/c1-24-9-14(8-20-24)12-2-3-16-13(6-12)7-17(23-22-16)21-18(26)11-25-5-4-15(19)10-25/h2-3,6-9,15H,4-5,10-11H2,1H3,(H,21,23,26). The Hall–Kier alpha value is -2.87. The van der Waals surface area contributed by atoms with E-state index >= 15 is 0 Å². The zero-order valence-electron chi connectivity index (χ0n) is 14.4. The molecule has 4 rings (SSSR count). The van der Waals surface area contributed by atoms with Gasteiger partial charge in [0.1, 0.15) is 6.17 Å². The van der Waals surface area contributed by atoms with Gasteiger partial charge in [-0.3, -0.25) is 14.4 Å². The Morgan fingerprint density at radius 2 is 2.19 bits per heavy atom. The molecule has 1 amide bonds. The minimum absolute atomic E-state index is 0.163. The normalized spacial score (nSPS) is 17.7. The first-order valence-electron chi connectivity index (χ1n) is 8.49. The molecule has 1 unspecified atom stereocenters. The highest BCUT2D eigenvalue weighted by atomic mass is 19.1. The van der Waals surface area contributed by atoms with E-state index in [-0.39, 0.29) is 12.5 Å². The van der Waals surface area contributed by atoms with Crippen LogP contribution in [-0.2, 0) is 11.8 Å². The monoisotopic (exact) mass is 354 g/mol. The molecule has 1 aliphatic heterocycles. The lowest BCUT2D eigenvalue weighted by Crippen LogP contribution is -2.32. The number of hydrogen-bond acceptors (Lipinski definition) is 5. The van der Waals surface area contributed by atoms with Gasteiger partial charge < -0.3 is 5.32 Å². The van der Waals surface area contributed by atoms with E-state index in [2.05, 4.69) is 20.6 Å². The van der Waals surface area contributed by atoms with Gasteiger partial charge in [-0.05, 0) is 30.2 Å². The van der Waals surface area contributed by atoms with E-state index in [4.69, 9.17) is 0 Å². The zero-order valence-corrected chi connectivity index (χ0v) is 14.4. The van der Waals surface area contributed by atoms with Gasteiger partial charge in [-0.15, -0.1) is 10.2 Å². The quantitative estimate of drug-likeness (QED) is 0.776. The molecule has 3 heterocycles. The first kappa shape index (κ1) is 16.6. The molecule has 0 bridgehead atoms. The zero-order chi connectivity index (χ0) is 18.1. The molecule has 0 saturated carbocycles. The van der Waals surface area contributed by atoms with Crippen LogP contribution in [0.5, 0.6) is 0 Å². The molecule has 8 heteroatoms. The third-order valence-electron chi connectivity index (χ3n) is 4.47. The van der Waals surface area contributed by atoms with Crippen molar-refractivity contribution in [2.24, 2.45) is 7.05 Å². The fourth-order valence-electron chi connectivity index (χ4n) is 3.17. The number of fused-ring (bicyclic) bond motifs is 1. The van der Waals surface area contributed by atoms with Crippen molar-refractivity contribution in [3.8, 4) is 11.1 Å². The molecule has 1 N–H and O–H groups in total. The summed E-state index contributed by atoms with van der Waals surface area (Å²) in [5.41, 5.74) is 2.77. The average Bonchev–Trinajstić information content (AvgIpc) is 3.22. The van der Waals surface area contributed by atoms with Gasteiger partial charge in [-0.2, -0.15) is 5.10 Å². The minimum atomic E-state index is -0.839. The van der Waals surface area contributed by atoms with Crippen LogP contribution in [0.3, 0.4) is 0 Å². The largest absolute Gasteiger partial charge is 0.308 e. The molecule has 2 aromatic heterocycles. The molecular formula is C18H19FN6O. The Morgan fingerprint density at radius 3 is 2.92 bits per heavy atom. The minimum Gasteiger partial charge on any atom is -0.308 e. The molecular weight excluding hydrogens is 335 g/mol. The first-order chi connectivity index (χ1) is 12.6. The Morgan fingerprint density at radius 1 is 1.31 bits per heavy atom. The highest BCUT2D eigenvalue weighted by Crippen LogP contribution is 2.24. The second-order valence-electron chi connectivity index (χ2n) is 6.58. The molecule has 1 aliphatic rings. The molecule has 1 aromatic carbocycles. The van der Waals surface area contributed by atoms with E-state index < -0.39 is 6.17 Å². The average molecular weight is 354 g/mol. The van der Waals surface area contributed by atoms with Crippen molar-refractivity contribution in [3.63, 3.8) is 0 Å². The maximum atomic E-state index is 13.2. The van der Waals surface area contributed by atoms with Crippen molar-refractivity contribution in [2.45, 2.75) is 12.6 Å². The number of aryl methyl sites for hydroxylation is 1. The number of halogens is 1. The van der Waals surface area contributed by atoms with Crippen LogP contribution in [0.1, 0.15) is 6.42 Å². The van der Waals surface area contributed by atoms with Crippen molar-refractivity contribution >= 4 is 22.6 Å². The number of benzene rings is 1. The summed E-state index contributed by atoms with van der Waals surface area (Å²) in [6.07, 6.45) is 3.38. The van der Waals surface area contributed by atoms with Crippen LogP contribution in [0.2, 0.25) is 0 Å². The number of hydrogen-bond donors (Lipinski definition) is 1. The molecule has 1 atom stereocenters. The third-order valence-corrected chi connectivity index (χ3v) is 4.47. The van der Waals surface area contributed by atoms with Gasteiger partial charge in [0.05, 0.1) is 18.3 Å². The number of nitrogens with zero attached hydrogens (tertiary/aromatic N) is 5. The second kappa shape index (κ2) is 6.80. The predicted molar refractivity (Wildman–Crippen MR) is 96.3 cm³/mol. The molecule has 0 radical (unpaired) electrons. The summed E-state index contributed by atoms with van der Waals surface area (Å²) >= 11 is 0. The Labute approximate surface area is 149 Å². The van der Waals surface area contributed by atoms with Crippen molar-refractivity contribution in [3.05, 3.63) is 36.7 Å². The molecule has 0 aliphatic carbocycles. The highest BCUT2D eigenvalue weighted by Gasteiger charge is 2.23. The van der Waals surface area contributed by atoms with Crippen LogP contribution >= 0.6 is 0 Å². The maximum Gasteiger partial charge on any atom is 0.239 e. The summed E-state index contributed by atoms with van der Waals surface area (Å²) in [4.78, 5) is 13.9. The van der Waals surface area contributed by atoms with E-state index in [0.717, 1.165) is 22.0 Å². The topological polar surface area (TPSA) is 75.9 Å². The SMILES string of the molecule is Cn1cc(-c2ccc3nnc(NC(=O)CN4CCC(F)C4)cc3c2)cn1. The second-order valence-corrected chi connectivity index (χ2v) is 6.58. The van der Waals surface area contributed by atoms with Crippen LogP contribution in [0.4, 0.5) is 10.2 Å². The van der Waals surface area contributed by atoms with E-state index in [9.17, 15) is 9.18 Å². The van der Waals surface area contributed by atoms with E-state index in [1.165, 1.54) is 0 Å². The number of carbonyl (C=O) groups is 1. The number of amides is 1. The van der Waals surface area contributed by atoms with Crippen LogP contribution < -0.4 is 5.32 Å². The summed E-state index contributed by atoms with van der Waals surface area (Å²) in [5, 5.41) is 16.0. The van der Waals surface area contributed by atoms with Crippen LogP contribution in [0.25, 0.3) is 22.0 Å². The lowest BCUT2D eigenvalue weighted by Gasteiger charge is -2.13. The van der Waals surface area contributed by atoms with Crippen LogP contribution in [0.15, 0.2) is 36.7 Å². The number of alkyl halides is 1. The van der Waals surface area contributed by atoms with Crippen molar-refractivity contribution < 1.29 is 9.18 Å². The van der Waals surface area contributed by atoms with E-state index in [1.807, 2.05) is 31.4 Å². The molecule has 7 nitrogen and oxygen atoms in total. The van der Waals surface area contributed by atoms with Crippen LogP contribution in [0, 0.1) is 0 Å². The van der Waals surface area contributed by atoms with Crippen LogP contribution in [-0.4, -0.2) is 56.6 Å². The fraction of sp³-hybridized carbons (Fsp3) is 0.333. The van der Waals surface area contributed by atoms with E-state index in [0.29, 0.717) is 25.3 Å². The molecule has 1 fully saturated rings. The lowest BCUT2D eigenvalue weighted by molar-refractivity contribution is -0.117. The number of rotatable bonds is 4. The molecule has 0 spiro atoms. The smallest absolute Gasteiger partial charge is 0.239 e. The van der Waals surface area contributed by atoms with Gasteiger partial charge in [0.25, 0.3) is 0 Å². The molecule has 3 aromatic rings. The maximum absolute atomic E-state index is 13.2. The summed E-state index contributed by atoms with van der Waals surface area (Å²) in [6.45, 7) is 1.08. The van der Waals surface area contributed by atoms with Crippen molar-refractivity contribution in [1.29, 1.82) is 0 Å². The van der Waals surface area contributed by atoms with Gasteiger partial charge in [-0.25, -0.2) is 4.39 Å². The lowest BCUT2D eigenvalue weighted by atomic mass is 10.1. The predicted octanol–water partition coefficient (Wildman–Crippen LogP) is 2.01. The fourth-order valence-corrected chi connectivity index (χ4v) is 3.17. The van der Waals surface area contributed by atoms with E-state index in [1.54, 1.807) is 21.8 Å². The van der Waals surface area contributed by atoms with Gasteiger partial charge in [0, 0.05) is 37.3 Å². The number of nitrogens with one attached hydrogen (secondary N) is 1. The first-order valence-corrected chi connectivity index (χ1v) is 8.49. The summed E-state index contributed by atoms with van der Waals surface area (Å²) in [5.74, 6) is 0.179.